The number of hydrogen-bond donors (Lipinski definition) is 1. The minimum Gasteiger partial charge on any atom is -0.497 e. The van der Waals surface area contributed by atoms with Gasteiger partial charge < -0.3 is 14.5 Å². The molecule has 4 rings (SSSR count). The van der Waals surface area contributed by atoms with Gasteiger partial charge in [-0.2, -0.15) is 0 Å². The third-order valence-electron chi connectivity index (χ3n) is 4.99. The number of benzene rings is 1. The average molecular weight is 319 g/mol. The summed E-state index contributed by atoms with van der Waals surface area (Å²) in [6.45, 7) is 1.51. The van der Waals surface area contributed by atoms with Gasteiger partial charge in [0.25, 0.3) is 0 Å². The van der Waals surface area contributed by atoms with Crippen LogP contribution in [0.3, 0.4) is 0 Å². The molecule has 6 heteroatoms. The lowest BCUT2D eigenvalue weighted by Crippen LogP contribution is -2.39. The molecule has 1 aliphatic heterocycles. The fourth-order valence-electron chi connectivity index (χ4n) is 3.39. The molecule has 124 valence electrons. The van der Waals surface area contributed by atoms with E-state index in [1.807, 2.05) is 18.2 Å². The van der Waals surface area contributed by atoms with Crippen molar-refractivity contribution in [2.45, 2.75) is 44.2 Å². The van der Waals surface area contributed by atoms with E-state index < -0.39 is 6.17 Å². The van der Waals surface area contributed by atoms with Gasteiger partial charge in [-0.1, -0.05) is 6.42 Å². The molecule has 2 atom stereocenters. The lowest BCUT2D eigenvalue weighted by molar-refractivity contribution is 0.00648. The first-order chi connectivity index (χ1) is 11.2. The van der Waals surface area contributed by atoms with Crippen molar-refractivity contribution in [1.29, 1.82) is 0 Å². The van der Waals surface area contributed by atoms with Crippen LogP contribution in [0.15, 0.2) is 18.2 Å². The summed E-state index contributed by atoms with van der Waals surface area (Å²) in [6.07, 6.45) is 2.42. The van der Waals surface area contributed by atoms with E-state index in [9.17, 15) is 4.39 Å². The Morgan fingerprint density at radius 3 is 2.96 bits per heavy atom. The predicted molar refractivity (Wildman–Crippen MR) is 85.3 cm³/mol. The van der Waals surface area contributed by atoms with Crippen LogP contribution in [0.2, 0.25) is 0 Å². The molecule has 1 N–H and O–H groups in total. The second-order valence-corrected chi connectivity index (χ2v) is 6.47. The smallest absolute Gasteiger partial charge is 0.140 e. The molecule has 0 amide bonds. The molecule has 1 aromatic carbocycles. The molecule has 1 aliphatic carbocycles. The fourth-order valence-corrected chi connectivity index (χ4v) is 3.39. The number of aromatic nitrogens is 2. The first kappa shape index (κ1) is 14.9. The summed E-state index contributed by atoms with van der Waals surface area (Å²) in [5.41, 5.74) is 1.77. The van der Waals surface area contributed by atoms with Gasteiger partial charge in [-0.3, -0.25) is 4.90 Å². The average Bonchev–Trinajstić information content (AvgIpc) is 3.05. The molecule has 2 aliphatic rings. The molecule has 23 heavy (non-hydrogen) atoms. The van der Waals surface area contributed by atoms with Gasteiger partial charge >= 0.3 is 0 Å². The number of methoxy groups -OCH3 is 1. The molecule has 1 saturated carbocycles. The number of fused-ring (bicyclic) bond motifs is 1. The van der Waals surface area contributed by atoms with Crippen molar-refractivity contribution in [1.82, 2.24) is 14.9 Å². The Morgan fingerprint density at radius 1 is 1.35 bits per heavy atom. The normalized spacial score (nSPS) is 25.8. The maximum Gasteiger partial charge on any atom is 0.140 e. The standard InChI is InChI=1S/C17H22FN3O2/c1-22-12-5-6-14-15(7-12)20-17(19-14)10-23-16-9-21(8-13(16)18)11-3-2-4-11/h5-7,11,13,16H,2-4,8-10H2,1H3,(H,19,20)/t13-,16+/m1/s1. The third-order valence-corrected chi connectivity index (χ3v) is 4.99. The van der Waals surface area contributed by atoms with E-state index in [-0.39, 0.29) is 6.10 Å². The Balaban J connectivity index is 1.38. The lowest BCUT2D eigenvalue weighted by atomic mass is 9.92. The lowest BCUT2D eigenvalue weighted by Gasteiger charge is -2.34. The highest BCUT2D eigenvalue weighted by Gasteiger charge is 2.38. The van der Waals surface area contributed by atoms with Crippen LogP contribution in [0.25, 0.3) is 11.0 Å². The third kappa shape index (κ3) is 2.93. The minimum atomic E-state index is -0.903. The van der Waals surface area contributed by atoms with Gasteiger partial charge in [-0.05, 0) is 25.0 Å². The zero-order chi connectivity index (χ0) is 15.8. The number of ether oxygens (including phenoxy) is 2. The van der Waals surface area contributed by atoms with E-state index >= 15 is 0 Å². The van der Waals surface area contributed by atoms with Gasteiger partial charge in [-0.25, -0.2) is 9.37 Å². The highest BCUT2D eigenvalue weighted by molar-refractivity contribution is 5.76. The number of nitrogens with zero attached hydrogens (tertiary/aromatic N) is 2. The molecular weight excluding hydrogens is 297 g/mol. The Hall–Kier alpha value is -1.66. The van der Waals surface area contributed by atoms with Crippen molar-refractivity contribution in [2.24, 2.45) is 0 Å². The van der Waals surface area contributed by atoms with Crippen LogP contribution in [0.5, 0.6) is 5.75 Å². The van der Waals surface area contributed by atoms with Crippen LogP contribution in [-0.4, -0.2) is 53.4 Å². The van der Waals surface area contributed by atoms with Gasteiger partial charge in [0, 0.05) is 25.2 Å². The van der Waals surface area contributed by atoms with E-state index in [1.54, 1.807) is 7.11 Å². The van der Waals surface area contributed by atoms with Gasteiger partial charge in [0.05, 0.1) is 18.1 Å². The van der Waals surface area contributed by atoms with E-state index in [2.05, 4.69) is 14.9 Å². The molecule has 2 aromatic rings. The molecule has 0 spiro atoms. The molecule has 0 unspecified atom stereocenters. The van der Waals surface area contributed by atoms with Crippen molar-refractivity contribution < 1.29 is 13.9 Å². The van der Waals surface area contributed by atoms with Gasteiger partial charge in [-0.15, -0.1) is 0 Å². The number of H-pyrrole nitrogens is 1. The van der Waals surface area contributed by atoms with Crippen LogP contribution in [0, 0.1) is 0 Å². The second kappa shape index (κ2) is 6.09. The molecular formula is C17H22FN3O2. The highest BCUT2D eigenvalue weighted by atomic mass is 19.1. The number of likely N-dealkylation sites (tertiary alicyclic amines) is 1. The Kier molecular flexibility index (Phi) is 3.95. The highest BCUT2D eigenvalue weighted by Crippen LogP contribution is 2.30. The van der Waals surface area contributed by atoms with Crippen LogP contribution < -0.4 is 4.74 Å². The van der Waals surface area contributed by atoms with E-state index in [4.69, 9.17) is 9.47 Å². The maximum absolute atomic E-state index is 14.2. The van der Waals surface area contributed by atoms with Gasteiger partial charge in [0.1, 0.15) is 30.5 Å². The first-order valence-corrected chi connectivity index (χ1v) is 8.25. The molecule has 0 bridgehead atoms. The second-order valence-electron chi connectivity index (χ2n) is 6.47. The van der Waals surface area contributed by atoms with Crippen molar-refractivity contribution >= 4 is 11.0 Å². The number of nitrogens with one attached hydrogen (secondary N) is 1. The summed E-state index contributed by atoms with van der Waals surface area (Å²) >= 11 is 0. The van der Waals surface area contributed by atoms with E-state index in [0.717, 1.165) is 22.6 Å². The van der Waals surface area contributed by atoms with Crippen molar-refractivity contribution in [3.8, 4) is 5.75 Å². The summed E-state index contributed by atoms with van der Waals surface area (Å²) in [5, 5.41) is 0. The zero-order valence-electron chi connectivity index (χ0n) is 13.3. The Bertz CT molecular complexity index is 686. The number of imidazole rings is 1. The monoisotopic (exact) mass is 319 g/mol. The van der Waals surface area contributed by atoms with Crippen molar-refractivity contribution in [2.75, 3.05) is 20.2 Å². The summed E-state index contributed by atoms with van der Waals surface area (Å²) < 4.78 is 25.1. The SMILES string of the molecule is COc1ccc2nc(CO[C@H]3CN(C4CCC4)C[C@H]3F)[nH]c2c1. The zero-order valence-corrected chi connectivity index (χ0v) is 13.3. The van der Waals surface area contributed by atoms with Gasteiger partial charge in [0.2, 0.25) is 0 Å². The van der Waals surface area contributed by atoms with Crippen molar-refractivity contribution in [3.63, 3.8) is 0 Å². The molecule has 1 aromatic heterocycles. The van der Waals surface area contributed by atoms with Crippen molar-refractivity contribution in [3.05, 3.63) is 24.0 Å². The first-order valence-electron chi connectivity index (χ1n) is 8.25. The van der Waals surface area contributed by atoms with Crippen LogP contribution in [-0.2, 0) is 11.3 Å². The number of aromatic amines is 1. The predicted octanol–water partition coefficient (Wildman–Crippen LogP) is 2.66. The fraction of sp³-hybridized carbons (Fsp3) is 0.588. The number of rotatable bonds is 5. The van der Waals surface area contributed by atoms with Gasteiger partial charge in [0.15, 0.2) is 0 Å². The summed E-state index contributed by atoms with van der Waals surface area (Å²) in [7, 11) is 1.64. The summed E-state index contributed by atoms with van der Waals surface area (Å²) in [5.74, 6) is 1.51. The maximum atomic E-state index is 14.2. The topological polar surface area (TPSA) is 50.4 Å². The largest absolute Gasteiger partial charge is 0.497 e. The molecule has 2 heterocycles. The van der Waals surface area contributed by atoms with E-state index in [0.29, 0.717) is 25.7 Å². The van der Waals surface area contributed by atoms with Crippen LogP contribution >= 0.6 is 0 Å². The Morgan fingerprint density at radius 2 is 2.22 bits per heavy atom. The van der Waals surface area contributed by atoms with Crippen LogP contribution in [0.1, 0.15) is 25.1 Å². The minimum absolute atomic E-state index is 0.306. The number of alkyl halides is 1. The number of halogens is 1. The molecule has 0 radical (unpaired) electrons. The molecule has 1 saturated heterocycles. The number of hydrogen-bond acceptors (Lipinski definition) is 4. The van der Waals surface area contributed by atoms with Crippen LogP contribution in [0.4, 0.5) is 4.39 Å². The quantitative estimate of drug-likeness (QED) is 0.920. The summed E-state index contributed by atoms with van der Waals surface area (Å²) in [6, 6.07) is 6.25. The molecule has 5 nitrogen and oxygen atoms in total. The molecule has 2 fully saturated rings. The van der Waals surface area contributed by atoms with E-state index in [1.165, 1.54) is 19.3 Å². The Labute approximate surface area is 134 Å². The summed E-state index contributed by atoms with van der Waals surface area (Å²) in [4.78, 5) is 9.94.